The predicted molar refractivity (Wildman–Crippen MR) is 106 cm³/mol. The van der Waals surface area contributed by atoms with E-state index in [2.05, 4.69) is 10.8 Å². The number of amides is 1. The van der Waals surface area contributed by atoms with Crippen molar-refractivity contribution in [2.75, 3.05) is 11.9 Å². The number of hydrogen-bond acceptors (Lipinski definition) is 4. The van der Waals surface area contributed by atoms with Gasteiger partial charge in [-0.05, 0) is 72.2 Å². The first-order valence-electron chi connectivity index (χ1n) is 8.13. The number of anilines is 2. The average Bonchev–Trinajstić information content (AvgIpc) is 2.58. The summed E-state index contributed by atoms with van der Waals surface area (Å²) in [5.74, 6) is -2.01. The van der Waals surface area contributed by atoms with Gasteiger partial charge in [0.1, 0.15) is 18.2 Å². The number of rotatable bonds is 6. The fraction of sp³-hybridized carbons (Fsp3) is 0.278. The summed E-state index contributed by atoms with van der Waals surface area (Å²) in [6, 6.07) is 6.58. The quantitative estimate of drug-likeness (QED) is 0.396. The number of hydroxylamine groups is 1. The molecule has 0 bridgehead atoms. The van der Waals surface area contributed by atoms with E-state index in [9.17, 15) is 18.7 Å². The Kier molecular flexibility index (Phi) is 6.19. The van der Waals surface area contributed by atoms with E-state index in [1.54, 1.807) is 6.07 Å². The van der Waals surface area contributed by atoms with Gasteiger partial charge in [0.2, 0.25) is 0 Å². The second-order valence-corrected chi connectivity index (χ2v) is 8.01. The molecule has 1 saturated carbocycles. The highest BCUT2D eigenvalue weighted by Crippen LogP contribution is 2.32. The van der Waals surface area contributed by atoms with Crippen molar-refractivity contribution in [1.29, 1.82) is 0 Å². The van der Waals surface area contributed by atoms with Crippen molar-refractivity contribution in [1.82, 2.24) is 5.48 Å². The summed E-state index contributed by atoms with van der Waals surface area (Å²) in [5.41, 5.74) is 1.35. The average molecular weight is 509 g/mol. The first-order chi connectivity index (χ1) is 12.8. The fourth-order valence-corrected chi connectivity index (χ4v) is 3.21. The Morgan fingerprint density at radius 3 is 2.59 bits per heavy atom. The molecule has 1 amide bonds. The van der Waals surface area contributed by atoms with E-state index < -0.39 is 23.1 Å². The molecule has 9 heteroatoms. The molecule has 2 aromatic carbocycles. The van der Waals surface area contributed by atoms with Gasteiger partial charge in [-0.2, -0.15) is 0 Å². The lowest BCUT2D eigenvalue weighted by Gasteiger charge is -2.35. The largest absolute Gasteiger partial charge is 0.387 e. The van der Waals surface area contributed by atoms with Gasteiger partial charge in [0.25, 0.3) is 5.91 Å². The maximum absolute atomic E-state index is 14.1. The molecule has 0 heterocycles. The minimum Gasteiger partial charge on any atom is -0.387 e. The van der Waals surface area contributed by atoms with Gasteiger partial charge in [0, 0.05) is 3.57 Å². The summed E-state index contributed by atoms with van der Waals surface area (Å²) in [6.45, 7) is -0.0534. The molecule has 3 N–H and O–H groups in total. The van der Waals surface area contributed by atoms with Crippen LogP contribution in [-0.4, -0.2) is 23.2 Å². The fourth-order valence-electron chi connectivity index (χ4n) is 2.59. The minimum atomic E-state index is -0.931. The predicted octanol–water partition coefficient (Wildman–Crippen LogP) is 4.54. The van der Waals surface area contributed by atoms with Crippen molar-refractivity contribution in [3.05, 3.63) is 56.1 Å². The molecule has 0 atom stereocenters. The van der Waals surface area contributed by atoms with Crippen molar-refractivity contribution < 1.29 is 23.5 Å². The Morgan fingerprint density at radius 1 is 1.22 bits per heavy atom. The molecule has 0 spiro atoms. The second kappa shape index (κ2) is 8.26. The summed E-state index contributed by atoms with van der Waals surface area (Å²) in [5, 5.41) is 12.4. The molecule has 144 valence electrons. The molecule has 3 rings (SSSR count). The van der Waals surface area contributed by atoms with Gasteiger partial charge in [-0.1, -0.05) is 11.6 Å². The van der Waals surface area contributed by atoms with Crippen molar-refractivity contribution in [2.24, 2.45) is 0 Å². The van der Waals surface area contributed by atoms with Crippen LogP contribution in [-0.2, 0) is 4.84 Å². The van der Waals surface area contributed by atoms with Crippen LogP contribution in [0.5, 0.6) is 0 Å². The molecule has 1 aliphatic rings. The van der Waals surface area contributed by atoms with E-state index in [1.165, 1.54) is 12.1 Å². The van der Waals surface area contributed by atoms with Crippen molar-refractivity contribution in [3.8, 4) is 0 Å². The van der Waals surface area contributed by atoms with Gasteiger partial charge in [-0.3, -0.25) is 9.63 Å². The third-order valence-electron chi connectivity index (χ3n) is 4.30. The Balaban J connectivity index is 1.78. The Morgan fingerprint density at radius 2 is 1.96 bits per heavy atom. The van der Waals surface area contributed by atoms with E-state index in [-0.39, 0.29) is 28.6 Å². The van der Waals surface area contributed by atoms with Crippen LogP contribution in [0.3, 0.4) is 0 Å². The lowest BCUT2D eigenvalue weighted by Crippen LogP contribution is -2.44. The van der Waals surface area contributed by atoms with Crippen LogP contribution in [0.1, 0.15) is 29.6 Å². The molecule has 0 radical (unpaired) electrons. The number of carbonyl (C=O) groups excluding carboxylic acids is 1. The van der Waals surface area contributed by atoms with Crippen molar-refractivity contribution in [2.45, 2.75) is 24.9 Å². The molecule has 0 aliphatic heterocycles. The summed E-state index contributed by atoms with van der Waals surface area (Å²) in [7, 11) is 0. The van der Waals surface area contributed by atoms with Crippen LogP contribution < -0.4 is 10.8 Å². The van der Waals surface area contributed by atoms with Crippen molar-refractivity contribution >= 4 is 51.5 Å². The SMILES string of the molecule is O=C(NOCC1(O)CCC1)c1cc(Cl)c(F)cc1Nc1ccc(I)cc1F. The van der Waals surface area contributed by atoms with Gasteiger partial charge >= 0.3 is 0 Å². The van der Waals surface area contributed by atoms with Crippen LogP contribution >= 0.6 is 34.2 Å². The minimum absolute atomic E-state index is 0.0278. The van der Waals surface area contributed by atoms with E-state index in [4.69, 9.17) is 16.4 Å². The molecular weight excluding hydrogens is 493 g/mol. The normalized spacial score (nSPS) is 15.1. The van der Waals surface area contributed by atoms with Crippen LogP contribution in [0.4, 0.5) is 20.2 Å². The van der Waals surface area contributed by atoms with E-state index in [0.717, 1.165) is 18.6 Å². The van der Waals surface area contributed by atoms with Crippen molar-refractivity contribution in [3.63, 3.8) is 0 Å². The first-order valence-corrected chi connectivity index (χ1v) is 9.59. The number of aliphatic hydroxyl groups is 1. The highest BCUT2D eigenvalue weighted by molar-refractivity contribution is 14.1. The van der Waals surface area contributed by atoms with Crippen LogP contribution in [0.25, 0.3) is 0 Å². The second-order valence-electron chi connectivity index (χ2n) is 6.36. The summed E-state index contributed by atoms with van der Waals surface area (Å²) in [4.78, 5) is 17.5. The Labute approximate surface area is 173 Å². The molecular formula is C18H16ClF2IN2O3. The maximum Gasteiger partial charge on any atom is 0.277 e. The van der Waals surface area contributed by atoms with Crippen LogP contribution in [0.15, 0.2) is 30.3 Å². The lowest BCUT2D eigenvalue weighted by atomic mass is 9.81. The van der Waals surface area contributed by atoms with Gasteiger partial charge < -0.3 is 10.4 Å². The molecule has 0 unspecified atom stereocenters. The standard InChI is InChI=1S/C18H16ClF2IN2O3/c19-12-7-11(17(25)24-27-9-18(26)4-1-5-18)16(8-13(12)20)23-15-3-2-10(22)6-14(15)21/h2-3,6-8,23,26H,1,4-5,9H2,(H,24,25). The molecule has 1 aliphatic carbocycles. The molecule has 0 saturated heterocycles. The third-order valence-corrected chi connectivity index (χ3v) is 5.26. The number of benzene rings is 2. The van der Waals surface area contributed by atoms with Crippen LogP contribution in [0.2, 0.25) is 5.02 Å². The molecule has 27 heavy (non-hydrogen) atoms. The molecule has 0 aromatic heterocycles. The zero-order valence-corrected chi connectivity index (χ0v) is 16.9. The molecule has 1 fully saturated rings. The third kappa shape index (κ3) is 4.87. The van der Waals surface area contributed by atoms with E-state index >= 15 is 0 Å². The smallest absolute Gasteiger partial charge is 0.277 e. The van der Waals surface area contributed by atoms with E-state index in [1.807, 2.05) is 22.6 Å². The summed E-state index contributed by atoms with van der Waals surface area (Å²) >= 11 is 7.75. The zero-order valence-electron chi connectivity index (χ0n) is 14.0. The van der Waals surface area contributed by atoms with Gasteiger partial charge in [0.05, 0.1) is 27.6 Å². The lowest BCUT2D eigenvalue weighted by molar-refractivity contribution is -0.113. The topological polar surface area (TPSA) is 70.6 Å². The summed E-state index contributed by atoms with van der Waals surface area (Å²) < 4.78 is 28.7. The maximum atomic E-state index is 14.1. The number of carbonyl (C=O) groups is 1. The van der Waals surface area contributed by atoms with E-state index in [0.29, 0.717) is 16.4 Å². The molecule has 2 aromatic rings. The monoisotopic (exact) mass is 508 g/mol. The van der Waals surface area contributed by atoms with Gasteiger partial charge in [-0.15, -0.1) is 0 Å². The number of nitrogens with one attached hydrogen (secondary N) is 2. The summed E-state index contributed by atoms with van der Waals surface area (Å²) in [6.07, 6.45) is 2.10. The molecule has 5 nitrogen and oxygen atoms in total. The number of halogens is 4. The Bertz CT molecular complexity index is 878. The van der Waals surface area contributed by atoms with Gasteiger partial charge in [0.15, 0.2) is 0 Å². The highest BCUT2D eigenvalue weighted by Gasteiger charge is 2.35. The zero-order chi connectivity index (χ0) is 19.6. The Hall–Kier alpha value is -1.49. The van der Waals surface area contributed by atoms with Gasteiger partial charge in [-0.25, -0.2) is 14.3 Å². The first kappa shape index (κ1) is 20.2. The number of hydrogen-bond donors (Lipinski definition) is 3. The highest BCUT2D eigenvalue weighted by atomic mass is 127. The van der Waals surface area contributed by atoms with Crippen LogP contribution in [0, 0.1) is 15.2 Å².